The monoisotopic (exact) mass is 265 g/mol. The zero-order valence-electron chi connectivity index (χ0n) is 10.7. The summed E-state index contributed by atoms with van der Waals surface area (Å²) in [4.78, 5) is 24.9. The van der Waals surface area contributed by atoms with Crippen molar-refractivity contribution < 1.29 is 19.1 Å². The lowest BCUT2D eigenvalue weighted by Crippen LogP contribution is -2.48. The normalized spacial score (nSPS) is 19.3. The van der Waals surface area contributed by atoms with Crippen molar-refractivity contribution in [2.24, 2.45) is 0 Å². The van der Waals surface area contributed by atoms with E-state index in [1.54, 1.807) is 0 Å². The van der Waals surface area contributed by atoms with Gasteiger partial charge in [0.1, 0.15) is 11.9 Å². The summed E-state index contributed by atoms with van der Waals surface area (Å²) < 4.78 is 13.5. The first-order valence-corrected chi connectivity index (χ1v) is 6.31. The molecule has 0 aromatic heterocycles. The van der Waals surface area contributed by atoms with Crippen LogP contribution >= 0.6 is 0 Å². The number of carboxylic acid groups (broad SMARTS) is 1. The van der Waals surface area contributed by atoms with Crippen LogP contribution in [0, 0.1) is 12.7 Å². The first-order valence-electron chi connectivity index (χ1n) is 6.31. The Labute approximate surface area is 110 Å². The van der Waals surface area contributed by atoms with Crippen molar-refractivity contribution in [2.45, 2.75) is 32.2 Å². The van der Waals surface area contributed by atoms with Gasteiger partial charge >= 0.3 is 5.97 Å². The average Bonchev–Trinajstić information content (AvgIpc) is 2.41. The molecule has 0 radical (unpaired) electrons. The minimum absolute atomic E-state index is 0.244. The Bertz CT molecular complexity index is 515. The van der Waals surface area contributed by atoms with Crippen molar-refractivity contribution >= 4 is 11.9 Å². The number of carbonyl (C=O) groups excluding carboxylic acids is 1. The fourth-order valence-corrected chi connectivity index (χ4v) is 2.43. The van der Waals surface area contributed by atoms with Crippen LogP contribution in [-0.2, 0) is 4.79 Å². The number of aliphatic carboxylic acids is 1. The molecule has 0 aliphatic carbocycles. The quantitative estimate of drug-likeness (QED) is 0.892. The second-order valence-electron chi connectivity index (χ2n) is 4.76. The highest BCUT2D eigenvalue weighted by atomic mass is 19.1. The minimum Gasteiger partial charge on any atom is -0.480 e. The Morgan fingerprint density at radius 2 is 2.11 bits per heavy atom. The number of rotatable bonds is 2. The van der Waals surface area contributed by atoms with Crippen LogP contribution in [0.25, 0.3) is 0 Å². The van der Waals surface area contributed by atoms with Gasteiger partial charge in [0, 0.05) is 12.1 Å². The maximum absolute atomic E-state index is 13.5. The van der Waals surface area contributed by atoms with Gasteiger partial charge in [-0.1, -0.05) is 6.07 Å². The molecule has 1 aromatic carbocycles. The summed E-state index contributed by atoms with van der Waals surface area (Å²) in [6, 6.07) is 3.49. The molecule has 1 aliphatic heterocycles. The smallest absolute Gasteiger partial charge is 0.326 e. The molecule has 1 fully saturated rings. The van der Waals surface area contributed by atoms with Gasteiger partial charge in [-0.3, -0.25) is 4.79 Å². The van der Waals surface area contributed by atoms with E-state index in [0.29, 0.717) is 13.0 Å². The molecule has 1 unspecified atom stereocenters. The number of amides is 1. The maximum Gasteiger partial charge on any atom is 0.326 e. The molecule has 102 valence electrons. The van der Waals surface area contributed by atoms with Crippen LogP contribution in [-0.4, -0.2) is 34.5 Å². The summed E-state index contributed by atoms with van der Waals surface area (Å²) in [7, 11) is 0. The minimum atomic E-state index is -0.998. The van der Waals surface area contributed by atoms with E-state index in [1.807, 2.05) is 0 Å². The third-order valence-corrected chi connectivity index (χ3v) is 3.55. The molecule has 19 heavy (non-hydrogen) atoms. The molecule has 5 heteroatoms. The SMILES string of the molecule is Cc1c(F)cccc1C(=O)N1CCCCC1C(=O)O. The third kappa shape index (κ3) is 2.59. The molecule has 1 heterocycles. The second kappa shape index (κ2) is 5.38. The van der Waals surface area contributed by atoms with E-state index in [4.69, 9.17) is 5.11 Å². The van der Waals surface area contributed by atoms with E-state index in [0.717, 1.165) is 12.8 Å². The van der Waals surface area contributed by atoms with Crippen LogP contribution in [0.2, 0.25) is 0 Å². The van der Waals surface area contributed by atoms with Crippen LogP contribution in [0.5, 0.6) is 0 Å². The van der Waals surface area contributed by atoms with Gasteiger partial charge in [-0.15, -0.1) is 0 Å². The molecule has 4 nitrogen and oxygen atoms in total. The Kier molecular flexibility index (Phi) is 3.83. The second-order valence-corrected chi connectivity index (χ2v) is 4.76. The predicted octanol–water partition coefficient (Wildman–Crippen LogP) is 2.21. The highest BCUT2D eigenvalue weighted by Gasteiger charge is 2.33. The summed E-state index contributed by atoms with van der Waals surface area (Å²) in [5.41, 5.74) is 0.510. The van der Waals surface area contributed by atoms with Gasteiger partial charge in [-0.05, 0) is 43.9 Å². The molecular weight excluding hydrogens is 249 g/mol. The van der Waals surface area contributed by atoms with Crippen molar-refractivity contribution in [3.8, 4) is 0 Å². The van der Waals surface area contributed by atoms with Crippen molar-refractivity contribution in [3.05, 3.63) is 35.1 Å². The van der Waals surface area contributed by atoms with Crippen molar-refractivity contribution in [1.82, 2.24) is 4.90 Å². The van der Waals surface area contributed by atoms with Crippen molar-refractivity contribution in [3.63, 3.8) is 0 Å². The number of hydrogen-bond acceptors (Lipinski definition) is 2. The lowest BCUT2D eigenvalue weighted by atomic mass is 9.99. The van der Waals surface area contributed by atoms with Gasteiger partial charge in [-0.2, -0.15) is 0 Å². The van der Waals surface area contributed by atoms with Gasteiger partial charge < -0.3 is 10.0 Å². The van der Waals surface area contributed by atoms with E-state index in [1.165, 1.54) is 30.0 Å². The zero-order valence-corrected chi connectivity index (χ0v) is 10.7. The largest absolute Gasteiger partial charge is 0.480 e. The number of hydrogen-bond donors (Lipinski definition) is 1. The zero-order chi connectivity index (χ0) is 14.0. The lowest BCUT2D eigenvalue weighted by Gasteiger charge is -2.33. The van der Waals surface area contributed by atoms with Crippen LogP contribution < -0.4 is 0 Å². The van der Waals surface area contributed by atoms with Gasteiger partial charge in [-0.25, -0.2) is 9.18 Å². The van der Waals surface area contributed by atoms with E-state index >= 15 is 0 Å². The molecule has 0 spiro atoms. The van der Waals surface area contributed by atoms with Crippen LogP contribution in [0.1, 0.15) is 35.2 Å². The van der Waals surface area contributed by atoms with Crippen LogP contribution in [0.15, 0.2) is 18.2 Å². The highest BCUT2D eigenvalue weighted by molar-refractivity contribution is 5.98. The molecule has 2 rings (SSSR count). The number of nitrogens with zero attached hydrogens (tertiary/aromatic N) is 1. The standard InChI is InChI=1S/C14H16FNO3/c1-9-10(5-4-6-11(9)15)13(17)16-8-3-2-7-12(16)14(18)19/h4-6,12H,2-3,7-8H2,1H3,(H,18,19). The summed E-state index contributed by atoms with van der Waals surface area (Å²) in [5, 5.41) is 9.16. The van der Waals surface area contributed by atoms with E-state index in [-0.39, 0.29) is 11.1 Å². The Hall–Kier alpha value is -1.91. The molecule has 1 atom stereocenters. The first kappa shape index (κ1) is 13.5. The fraction of sp³-hybridized carbons (Fsp3) is 0.429. The number of likely N-dealkylation sites (tertiary alicyclic amines) is 1. The van der Waals surface area contributed by atoms with Crippen LogP contribution in [0.4, 0.5) is 4.39 Å². The lowest BCUT2D eigenvalue weighted by molar-refractivity contribution is -0.143. The summed E-state index contributed by atoms with van der Waals surface area (Å²) in [6.45, 7) is 1.94. The van der Waals surface area contributed by atoms with E-state index in [2.05, 4.69) is 0 Å². The maximum atomic E-state index is 13.5. The van der Waals surface area contributed by atoms with Crippen LogP contribution in [0.3, 0.4) is 0 Å². The number of halogens is 1. The average molecular weight is 265 g/mol. The van der Waals surface area contributed by atoms with Gasteiger partial charge in [0.05, 0.1) is 0 Å². The van der Waals surface area contributed by atoms with Crippen molar-refractivity contribution in [2.75, 3.05) is 6.54 Å². The third-order valence-electron chi connectivity index (χ3n) is 3.55. The predicted molar refractivity (Wildman–Crippen MR) is 67.4 cm³/mol. The summed E-state index contributed by atoms with van der Waals surface area (Å²) in [5.74, 6) is -1.85. The topological polar surface area (TPSA) is 57.6 Å². The number of carbonyl (C=O) groups is 2. The van der Waals surface area contributed by atoms with Gasteiger partial charge in [0.2, 0.25) is 0 Å². The fourth-order valence-electron chi connectivity index (χ4n) is 2.43. The molecule has 0 saturated carbocycles. The summed E-state index contributed by atoms with van der Waals surface area (Å²) >= 11 is 0. The Morgan fingerprint density at radius 1 is 1.37 bits per heavy atom. The molecule has 1 amide bonds. The molecule has 1 aromatic rings. The molecular formula is C14H16FNO3. The van der Waals surface area contributed by atoms with Gasteiger partial charge in [0.15, 0.2) is 0 Å². The van der Waals surface area contributed by atoms with Gasteiger partial charge in [0.25, 0.3) is 5.91 Å². The molecule has 1 aliphatic rings. The molecule has 1 saturated heterocycles. The first-order chi connectivity index (χ1) is 9.02. The van der Waals surface area contributed by atoms with E-state index < -0.39 is 23.7 Å². The summed E-state index contributed by atoms with van der Waals surface area (Å²) in [6.07, 6.45) is 2.03. The number of piperidine rings is 1. The number of carboxylic acids is 1. The Morgan fingerprint density at radius 3 is 2.79 bits per heavy atom. The van der Waals surface area contributed by atoms with E-state index in [9.17, 15) is 14.0 Å². The van der Waals surface area contributed by atoms with Crippen molar-refractivity contribution in [1.29, 1.82) is 0 Å². The highest BCUT2D eigenvalue weighted by Crippen LogP contribution is 2.22. The Balaban J connectivity index is 2.31. The molecule has 1 N–H and O–H groups in total. The molecule has 0 bridgehead atoms. The number of benzene rings is 1.